The summed E-state index contributed by atoms with van der Waals surface area (Å²) < 4.78 is 26.3. The normalized spacial score (nSPS) is 16.5. The summed E-state index contributed by atoms with van der Waals surface area (Å²) >= 11 is 1.66. The van der Waals surface area contributed by atoms with Gasteiger partial charge in [-0.15, -0.1) is 11.3 Å². The zero-order valence-electron chi connectivity index (χ0n) is 11.0. The van der Waals surface area contributed by atoms with Crippen molar-refractivity contribution >= 4 is 11.3 Å². The van der Waals surface area contributed by atoms with Crippen LogP contribution in [0.1, 0.15) is 34.2 Å². The van der Waals surface area contributed by atoms with Gasteiger partial charge in [0.25, 0.3) is 0 Å². The Kier molecular flexibility index (Phi) is 4.08. The molecule has 20 heavy (non-hydrogen) atoms. The molecule has 1 fully saturated rings. The van der Waals surface area contributed by atoms with Crippen LogP contribution in [0.5, 0.6) is 0 Å². The minimum absolute atomic E-state index is 0.490. The maximum atomic E-state index is 13.2. The lowest BCUT2D eigenvalue weighted by atomic mass is 9.97. The summed E-state index contributed by atoms with van der Waals surface area (Å²) in [5, 5.41) is 4.26. The first kappa shape index (κ1) is 13.6. The number of hydrogen-bond donors (Lipinski definition) is 1. The molecular weight excluding hydrogens is 278 g/mol. The highest BCUT2D eigenvalue weighted by Crippen LogP contribution is 2.30. The zero-order chi connectivity index (χ0) is 13.9. The molecule has 2 heterocycles. The largest absolute Gasteiger partial charge is 0.317 e. The number of benzene rings is 1. The molecule has 2 aromatic rings. The van der Waals surface area contributed by atoms with Crippen LogP contribution in [0.15, 0.2) is 24.4 Å². The van der Waals surface area contributed by atoms with E-state index in [0.29, 0.717) is 17.9 Å². The Hall–Kier alpha value is -1.33. The summed E-state index contributed by atoms with van der Waals surface area (Å²) in [7, 11) is 0. The van der Waals surface area contributed by atoms with E-state index in [-0.39, 0.29) is 0 Å². The van der Waals surface area contributed by atoms with Crippen LogP contribution in [0.3, 0.4) is 0 Å². The van der Waals surface area contributed by atoms with E-state index in [4.69, 9.17) is 0 Å². The van der Waals surface area contributed by atoms with Crippen LogP contribution in [0.2, 0.25) is 0 Å². The van der Waals surface area contributed by atoms with Gasteiger partial charge in [-0.1, -0.05) is 0 Å². The van der Waals surface area contributed by atoms with E-state index in [1.807, 2.05) is 6.20 Å². The van der Waals surface area contributed by atoms with Gasteiger partial charge >= 0.3 is 0 Å². The first-order valence-corrected chi connectivity index (χ1v) is 7.62. The molecule has 0 atom stereocenters. The molecule has 0 aliphatic carbocycles. The van der Waals surface area contributed by atoms with Gasteiger partial charge in [-0.3, -0.25) is 0 Å². The molecule has 0 unspecified atom stereocenters. The average molecular weight is 294 g/mol. The molecule has 1 aliphatic rings. The van der Waals surface area contributed by atoms with Crippen LogP contribution in [0, 0.1) is 11.6 Å². The van der Waals surface area contributed by atoms with Gasteiger partial charge in [-0.2, -0.15) is 0 Å². The Bertz CT molecular complexity index is 571. The minimum atomic E-state index is -0.532. The number of aromatic nitrogens is 1. The average Bonchev–Trinajstić information content (AvgIpc) is 2.87. The van der Waals surface area contributed by atoms with Crippen molar-refractivity contribution in [3.8, 4) is 0 Å². The van der Waals surface area contributed by atoms with Gasteiger partial charge in [-0.05, 0) is 49.5 Å². The fraction of sp³-hybridized carbons (Fsp3) is 0.400. The predicted octanol–water partition coefficient (Wildman–Crippen LogP) is 3.48. The standard InChI is InChI=1S/C15H16F2N2S/c16-12-5-10(6-13(17)8-12)7-15-19-9-14(20-15)11-1-3-18-4-2-11/h5-6,8-9,11,18H,1-4,7H2. The maximum Gasteiger partial charge on any atom is 0.126 e. The number of piperidine rings is 1. The van der Waals surface area contributed by atoms with Gasteiger partial charge in [-0.25, -0.2) is 13.8 Å². The van der Waals surface area contributed by atoms with Crippen LogP contribution in [-0.4, -0.2) is 18.1 Å². The first-order valence-electron chi connectivity index (χ1n) is 6.81. The molecule has 1 aliphatic heterocycles. The van der Waals surface area contributed by atoms with Gasteiger partial charge in [0.15, 0.2) is 0 Å². The minimum Gasteiger partial charge on any atom is -0.317 e. The molecule has 0 radical (unpaired) electrons. The molecule has 0 spiro atoms. The molecule has 2 nitrogen and oxygen atoms in total. The molecule has 1 N–H and O–H groups in total. The molecule has 1 aromatic carbocycles. The maximum absolute atomic E-state index is 13.2. The van der Waals surface area contributed by atoms with E-state index >= 15 is 0 Å². The lowest BCUT2D eigenvalue weighted by molar-refractivity contribution is 0.465. The molecule has 0 saturated carbocycles. The molecule has 1 saturated heterocycles. The van der Waals surface area contributed by atoms with Crippen molar-refractivity contribution in [2.75, 3.05) is 13.1 Å². The smallest absolute Gasteiger partial charge is 0.126 e. The van der Waals surface area contributed by atoms with Crippen LogP contribution in [-0.2, 0) is 6.42 Å². The van der Waals surface area contributed by atoms with E-state index in [1.54, 1.807) is 11.3 Å². The van der Waals surface area contributed by atoms with Crippen molar-refractivity contribution in [2.45, 2.75) is 25.2 Å². The Labute approximate surface area is 120 Å². The summed E-state index contributed by atoms with van der Waals surface area (Å²) in [4.78, 5) is 5.69. The highest BCUT2D eigenvalue weighted by atomic mass is 32.1. The second-order valence-electron chi connectivity index (χ2n) is 5.14. The topological polar surface area (TPSA) is 24.9 Å². The fourth-order valence-corrected chi connectivity index (χ4v) is 3.71. The van der Waals surface area contributed by atoms with Gasteiger partial charge < -0.3 is 5.32 Å². The van der Waals surface area contributed by atoms with Crippen molar-refractivity contribution in [1.29, 1.82) is 0 Å². The zero-order valence-corrected chi connectivity index (χ0v) is 11.9. The van der Waals surface area contributed by atoms with Crippen molar-refractivity contribution < 1.29 is 8.78 Å². The molecule has 106 valence electrons. The lowest BCUT2D eigenvalue weighted by Gasteiger charge is -2.20. The van der Waals surface area contributed by atoms with Gasteiger partial charge in [0.1, 0.15) is 11.6 Å². The second-order valence-corrected chi connectivity index (χ2v) is 6.28. The Balaban J connectivity index is 1.73. The summed E-state index contributed by atoms with van der Waals surface area (Å²) in [6.07, 6.45) is 4.68. The quantitative estimate of drug-likeness (QED) is 0.937. The summed E-state index contributed by atoms with van der Waals surface area (Å²) in [5.74, 6) is -0.489. The van der Waals surface area contributed by atoms with Crippen molar-refractivity contribution in [1.82, 2.24) is 10.3 Å². The van der Waals surface area contributed by atoms with Crippen LogP contribution >= 0.6 is 11.3 Å². The van der Waals surface area contributed by atoms with Crippen molar-refractivity contribution in [3.05, 3.63) is 51.5 Å². The Morgan fingerprint density at radius 3 is 2.55 bits per heavy atom. The summed E-state index contributed by atoms with van der Waals surface area (Å²) in [6.45, 7) is 2.10. The molecule has 3 rings (SSSR count). The monoisotopic (exact) mass is 294 g/mol. The van der Waals surface area contributed by atoms with Gasteiger partial charge in [0.2, 0.25) is 0 Å². The van der Waals surface area contributed by atoms with Crippen LogP contribution in [0.25, 0.3) is 0 Å². The second kappa shape index (κ2) is 5.97. The Morgan fingerprint density at radius 2 is 1.85 bits per heavy atom. The van der Waals surface area contributed by atoms with E-state index in [1.165, 1.54) is 17.0 Å². The number of nitrogens with one attached hydrogen (secondary N) is 1. The number of halogens is 2. The number of rotatable bonds is 3. The first-order chi connectivity index (χ1) is 9.70. The third kappa shape index (κ3) is 3.22. The van der Waals surface area contributed by atoms with E-state index in [9.17, 15) is 8.78 Å². The SMILES string of the molecule is Fc1cc(F)cc(Cc2ncc(C3CCNCC3)s2)c1. The highest BCUT2D eigenvalue weighted by molar-refractivity contribution is 7.11. The van der Waals surface area contributed by atoms with E-state index in [2.05, 4.69) is 10.3 Å². The molecule has 0 amide bonds. The molecule has 0 bridgehead atoms. The highest BCUT2D eigenvalue weighted by Gasteiger charge is 2.17. The van der Waals surface area contributed by atoms with Crippen molar-refractivity contribution in [3.63, 3.8) is 0 Å². The van der Waals surface area contributed by atoms with Gasteiger partial charge in [0.05, 0.1) is 5.01 Å². The molecular formula is C15H16F2N2S. The fourth-order valence-electron chi connectivity index (χ4n) is 2.59. The third-order valence-electron chi connectivity index (χ3n) is 3.59. The van der Waals surface area contributed by atoms with Gasteiger partial charge in [0, 0.05) is 23.6 Å². The Morgan fingerprint density at radius 1 is 1.15 bits per heavy atom. The number of hydrogen-bond acceptors (Lipinski definition) is 3. The van der Waals surface area contributed by atoms with E-state index < -0.39 is 11.6 Å². The number of nitrogens with zero attached hydrogens (tertiary/aromatic N) is 1. The number of thiazole rings is 1. The molecule has 1 aromatic heterocycles. The lowest BCUT2D eigenvalue weighted by Crippen LogP contribution is -2.26. The van der Waals surface area contributed by atoms with E-state index in [0.717, 1.165) is 37.0 Å². The third-order valence-corrected chi connectivity index (χ3v) is 4.75. The summed E-state index contributed by atoms with van der Waals surface area (Å²) in [5.41, 5.74) is 0.633. The van der Waals surface area contributed by atoms with Crippen molar-refractivity contribution in [2.24, 2.45) is 0 Å². The predicted molar refractivity (Wildman–Crippen MR) is 76.1 cm³/mol. The van der Waals surface area contributed by atoms with Crippen LogP contribution < -0.4 is 5.32 Å². The molecule has 5 heteroatoms. The summed E-state index contributed by atoms with van der Waals surface area (Å²) in [6, 6.07) is 3.63. The van der Waals surface area contributed by atoms with Crippen LogP contribution in [0.4, 0.5) is 8.78 Å².